The van der Waals surface area contributed by atoms with Gasteiger partial charge in [-0.05, 0) is 31.5 Å². The molecule has 0 aromatic rings. The Morgan fingerprint density at radius 2 is 2.06 bits per heavy atom. The summed E-state index contributed by atoms with van der Waals surface area (Å²) in [6, 6.07) is 2.77. The third-order valence-corrected chi connectivity index (χ3v) is 6.96. The third-order valence-electron chi connectivity index (χ3n) is 3.09. The average molecular weight is 259 g/mol. The Morgan fingerprint density at radius 3 is 2.53 bits per heavy atom. The van der Waals surface area contributed by atoms with Crippen molar-refractivity contribution < 1.29 is 9.22 Å². The van der Waals surface area contributed by atoms with E-state index in [0.29, 0.717) is 0 Å². The van der Waals surface area contributed by atoms with Gasteiger partial charge in [-0.2, -0.15) is 0 Å². The highest BCUT2D eigenvalue weighted by Gasteiger charge is 2.29. The molecule has 0 aromatic heterocycles. The molecule has 0 aromatic carbocycles. The minimum absolute atomic E-state index is 0.732. The van der Waals surface area contributed by atoms with E-state index < -0.39 is 8.32 Å². The van der Waals surface area contributed by atoms with E-state index in [1.807, 2.05) is 0 Å². The van der Waals surface area contributed by atoms with Crippen LogP contribution in [-0.4, -0.2) is 27.9 Å². The van der Waals surface area contributed by atoms with Gasteiger partial charge in [-0.3, -0.25) is 4.79 Å². The first-order chi connectivity index (χ1) is 8.18. The van der Waals surface area contributed by atoms with Crippen molar-refractivity contribution in [2.45, 2.75) is 64.6 Å². The van der Waals surface area contributed by atoms with Gasteiger partial charge in [0.2, 0.25) is 6.41 Å². The molecule has 0 radical (unpaired) electrons. The van der Waals surface area contributed by atoms with Gasteiger partial charge in [0.1, 0.15) is 0 Å². The SMILES string of the molecule is CCCCNC=O.CCC[Si]1(C)CCCCO1. The van der Waals surface area contributed by atoms with E-state index >= 15 is 0 Å². The Hall–Kier alpha value is -0.353. The molecule has 1 aliphatic heterocycles. The highest BCUT2D eigenvalue weighted by atomic mass is 28.4. The largest absolute Gasteiger partial charge is 0.417 e. The number of unbranched alkanes of at least 4 members (excludes halogenated alkanes) is 1. The number of carbonyl (C=O) groups is 1. The summed E-state index contributed by atoms with van der Waals surface area (Å²) in [5.74, 6) is 0. The van der Waals surface area contributed by atoms with Crippen LogP contribution in [0.5, 0.6) is 0 Å². The molecule has 1 atom stereocenters. The topological polar surface area (TPSA) is 38.3 Å². The molecular weight excluding hydrogens is 230 g/mol. The second-order valence-corrected chi connectivity index (χ2v) is 9.12. The molecule has 1 rings (SSSR count). The van der Waals surface area contributed by atoms with Gasteiger partial charge in [0.05, 0.1) is 0 Å². The van der Waals surface area contributed by atoms with Crippen LogP contribution in [0.1, 0.15) is 46.0 Å². The standard InChI is InChI=1S/C8H18OSi.C5H11NO/c1-3-7-10(2)8-5-4-6-9-10;1-2-3-4-6-5-7/h3-8H2,1-2H3;5H,2-4H2,1H3,(H,6,7). The molecular formula is C13H29NO2Si. The van der Waals surface area contributed by atoms with Crippen molar-refractivity contribution in [3.8, 4) is 0 Å². The Balaban J connectivity index is 0.000000325. The van der Waals surface area contributed by atoms with Crippen LogP contribution >= 0.6 is 0 Å². The van der Waals surface area contributed by atoms with Crippen molar-refractivity contribution >= 4 is 14.7 Å². The molecule has 0 spiro atoms. The van der Waals surface area contributed by atoms with Crippen molar-refractivity contribution in [2.75, 3.05) is 13.2 Å². The van der Waals surface area contributed by atoms with Crippen molar-refractivity contribution in [3.05, 3.63) is 0 Å². The highest BCUT2D eigenvalue weighted by molar-refractivity contribution is 6.72. The molecule has 1 heterocycles. The summed E-state index contributed by atoms with van der Waals surface area (Å²) in [6.45, 7) is 8.60. The van der Waals surface area contributed by atoms with Gasteiger partial charge in [-0.1, -0.05) is 33.1 Å². The first-order valence-corrected chi connectivity index (χ1v) is 9.81. The lowest BCUT2D eigenvalue weighted by molar-refractivity contribution is -0.109. The number of nitrogens with one attached hydrogen (secondary N) is 1. The second kappa shape index (κ2) is 10.8. The zero-order valence-corrected chi connectivity index (χ0v) is 12.8. The molecule has 1 amide bonds. The highest BCUT2D eigenvalue weighted by Crippen LogP contribution is 2.26. The van der Waals surface area contributed by atoms with Crippen LogP contribution in [0.15, 0.2) is 0 Å². The first kappa shape index (κ1) is 16.6. The molecule has 0 saturated carbocycles. The van der Waals surface area contributed by atoms with E-state index in [1.54, 1.807) is 0 Å². The predicted molar refractivity (Wildman–Crippen MR) is 75.7 cm³/mol. The number of carbonyl (C=O) groups excluding carboxylic acids is 1. The summed E-state index contributed by atoms with van der Waals surface area (Å²) in [4.78, 5) is 9.57. The summed E-state index contributed by atoms with van der Waals surface area (Å²) in [5, 5.41) is 2.57. The molecule has 0 aliphatic carbocycles. The molecule has 1 saturated heterocycles. The van der Waals surface area contributed by atoms with Crippen LogP contribution in [0, 0.1) is 0 Å². The second-order valence-electron chi connectivity index (χ2n) is 4.93. The van der Waals surface area contributed by atoms with Gasteiger partial charge < -0.3 is 9.74 Å². The van der Waals surface area contributed by atoms with Crippen LogP contribution in [0.25, 0.3) is 0 Å². The summed E-state index contributed by atoms with van der Waals surface area (Å²) < 4.78 is 5.84. The Labute approximate surface area is 107 Å². The number of rotatable bonds is 6. The van der Waals surface area contributed by atoms with E-state index in [-0.39, 0.29) is 0 Å². The fourth-order valence-corrected chi connectivity index (χ4v) is 5.29. The normalized spacial score (nSPS) is 23.5. The van der Waals surface area contributed by atoms with Crippen molar-refractivity contribution in [3.63, 3.8) is 0 Å². The Morgan fingerprint density at radius 1 is 1.29 bits per heavy atom. The number of hydrogen-bond donors (Lipinski definition) is 1. The van der Waals surface area contributed by atoms with E-state index in [2.05, 4.69) is 25.7 Å². The summed E-state index contributed by atoms with van der Waals surface area (Å²) in [6.07, 6.45) is 6.98. The first-order valence-electron chi connectivity index (χ1n) is 6.99. The smallest absolute Gasteiger partial charge is 0.207 e. The molecule has 3 nitrogen and oxygen atoms in total. The fourth-order valence-electron chi connectivity index (χ4n) is 2.06. The van der Waals surface area contributed by atoms with E-state index in [0.717, 1.165) is 32.4 Å². The van der Waals surface area contributed by atoms with Gasteiger partial charge in [0.25, 0.3) is 0 Å². The quantitative estimate of drug-likeness (QED) is 0.451. The molecule has 17 heavy (non-hydrogen) atoms. The maximum absolute atomic E-state index is 9.57. The van der Waals surface area contributed by atoms with Gasteiger partial charge >= 0.3 is 0 Å². The predicted octanol–water partition coefficient (Wildman–Crippen LogP) is 3.31. The van der Waals surface area contributed by atoms with E-state index in [1.165, 1.54) is 31.4 Å². The van der Waals surface area contributed by atoms with Crippen LogP contribution < -0.4 is 5.32 Å². The van der Waals surface area contributed by atoms with Crippen LogP contribution in [-0.2, 0) is 9.22 Å². The molecule has 102 valence electrons. The van der Waals surface area contributed by atoms with Crippen molar-refractivity contribution in [1.82, 2.24) is 5.32 Å². The van der Waals surface area contributed by atoms with Gasteiger partial charge in [0.15, 0.2) is 8.32 Å². The van der Waals surface area contributed by atoms with Gasteiger partial charge in [0, 0.05) is 13.2 Å². The lowest BCUT2D eigenvalue weighted by atomic mass is 10.3. The molecule has 1 aliphatic rings. The Kier molecular flexibility index (Phi) is 10.6. The van der Waals surface area contributed by atoms with Crippen molar-refractivity contribution in [2.24, 2.45) is 0 Å². The summed E-state index contributed by atoms with van der Waals surface area (Å²) in [7, 11) is -1.14. The zero-order valence-electron chi connectivity index (χ0n) is 11.8. The summed E-state index contributed by atoms with van der Waals surface area (Å²) >= 11 is 0. The number of hydrogen-bond acceptors (Lipinski definition) is 2. The minimum Gasteiger partial charge on any atom is -0.417 e. The Bertz CT molecular complexity index is 177. The zero-order chi connectivity index (χ0) is 13.0. The molecule has 4 heteroatoms. The average Bonchev–Trinajstić information content (AvgIpc) is 2.31. The van der Waals surface area contributed by atoms with Gasteiger partial charge in [-0.25, -0.2) is 0 Å². The lowest BCUT2D eigenvalue weighted by Crippen LogP contribution is -2.37. The third kappa shape index (κ3) is 9.36. The van der Waals surface area contributed by atoms with Crippen LogP contribution in [0.4, 0.5) is 0 Å². The molecule has 0 bridgehead atoms. The summed E-state index contributed by atoms with van der Waals surface area (Å²) in [5.41, 5.74) is 0. The molecule has 1 unspecified atom stereocenters. The fraction of sp³-hybridized carbons (Fsp3) is 0.923. The van der Waals surface area contributed by atoms with Crippen LogP contribution in [0.2, 0.25) is 18.6 Å². The van der Waals surface area contributed by atoms with E-state index in [4.69, 9.17) is 4.43 Å². The van der Waals surface area contributed by atoms with Crippen molar-refractivity contribution in [1.29, 1.82) is 0 Å². The van der Waals surface area contributed by atoms with E-state index in [9.17, 15) is 4.79 Å². The van der Waals surface area contributed by atoms with Gasteiger partial charge in [-0.15, -0.1) is 0 Å². The number of amides is 1. The monoisotopic (exact) mass is 259 g/mol. The maximum atomic E-state index is 9.57. The van der Waals surface area contributed by atoms with Crippen LogP contribution in [0.3, 0.4) is 0 Å². The minimum atomic E-state index is -1.14. The molecule has 1 N–H and O–H groups in total. The maximum Gasteiger partial charge on any atom is 0.207 e. The lowest BCUT2D eigenvalue weighted by Gasteiger charge is -2.31. The molecule has 1 fully saturated rings.